The molecule has 0 saturated carbocycles. The van der Waals surface area contributed by atoms with E-state index in [1.165, 1.54) is 12.1 Å². The SMILES string of the molecule is CC(C)(CNc1nc(Cl)ccc1[N+](=O)[O-])C(N)=O. The van der Waals surface area contributed by atoms with Gasteiger partial charge in [-0.2, -0.15) is 0 Å². The Hall–Kier alpha value is -1.89. The lowest BCUT2D eigenvalue weighted by atomic mass is 9.93. The molecule has 0 unspecified atom stereocenters. The molecule has 7 nitrogen and oxygen atoms in total. The molecule has 0 fully saturated rings. The van der Waals surface area contributed by atoms with E-state index in [0.29, 0.717) is 0 Å². The third-order valence-electron chi connectivity index (χ3n) is 2.40. The second-order valence-electron chi connectivity index (χ2n) is 4.36. The summed E-state index contributed by atoms with van der Waals surface area (Å²) >= 11 is 5.67. The van der Waals surface area contributed by atoms with Gasteiger partial charge in [0.05, 0.1) is 10.3 Å². The second kappa shape index (κ2) is 5.18. The highest BCUT2D eigenvalue weighted by atomic mass is 35.5. The van der Waals surface area contributed by atoms with Crippen LogP contribution in [-0.4, -0.2) is 22.4 Å². The molecule has 0 saturated heterocycles. The fourth-order valence-corrected chi connectivity index (χ4v) is 1.24. The summed E-state index contributed by atoms with van der Waals surface area (Å²) in [5, 5.41) is 13.6. The van der Waals surface area contributed by atoms with Crippen LogP contribution in [-0.2, 0) is 4.79 Å². The molecule has 0 aliphatic rings. The van der Waals surface area contributed by atoms with Crippen LogP contribution in [0.1, 0.15) is 13.8 Å². The lowest BCUT2D eigenvalue weighted by molar-refractivity contribution is -0.384. The van der Waals surface area contributed by atoms with Crippen LogP contribution in [0.25, 0.3) is 0 Å². The van der Waals surface area contributed by atoms with Crippen LogP contribution in [0.5, 0.6) is 0 Å². The quantitative estimate of drug-likeness (QED) is 0.480. The van der Waals surface area contributed by atoms with Crippen LogP contribution in [0.4, 0.5) is 11.5 Å². The molecule has 0 aliphatic heterocycles. The number of hydrogen-bond acceptors (Lipinski definition) is 5. The maximum atomic E-state index is 11.1. The fourth-order valence-electron chi connectivity index (χ4n) is 1.10. The Morgan fingerprint density at radius 3 is 2.72 bits per heavy atom. The van der Waals surface area contributed by atoms with Gasteiger partial charge < -0.3 is 11.1 Å². The Labute approximate surface area is 108 Å². The highest BCUT2D eigenvalue weighted by Crippen LogP contribution is 2.25. The minimum atomic E-state index is -0.849. The van der Waals surface area contributed by atoms with E-state index in [-0.39, 0.29) is 23.2 Å². The number of hydrogen-bond donors (Lipinski definition) is 2. The number of anilines is 1. The number of nitro groups is 1. The predicted molar refractivity (Wildman–Crippen MR) is 67.4 cm³/mol. The van der Waals surface area contributed by atoms with E-state index < -0.39 is 16.2 Å². The Morgan fingerprint density at radius 1 is 1.61 bits per heavy atom. The lowest BCUT2D eigenvalue weighted by Crippen LogP contribution is -2.37. The van der Waals surface area contributed by atoms with Gasteiger partial charge in [-0.3, -0.25) is 14.9 Å². The van der Waals surface area contributed by atoms with Crippen molar-refractivity contribution in [3.05, 3.63) is 27.4 Å². The van der Waals surface area contributed by atoms with Gasteiger partial charge in [0.1, 0.15) is 5.15 Å². The average Bonchev–Trinajstić information content (AvgIpc) is 2.26. The molecule has 3 N–H and O–H groups in total. The summed E-state index contributed by atoms with van der Waals surface area (Å²) in [7, 11) is 0. The monoisotopic (exact) mass is 272 g/mol. The van der Waals surface area contributed by atoms with Gasteiger partial charge in [-0.1, -0.05) is 11.6 Å². The first-order chi connectivity index (χ1) is 8.24. The van der Waals surface area contributed by atoms with Gasteiger partial charge in [0, 0.05) is 12.6 Å². The van der Waals surface area contributed by atoms with Crippen LogP contribution in [0.3, 0.4) is 0 Å². The van der Waals surface area contributed by atoms with Crippen LogP contribution in [0.2, 0.25) is 5.15 Å². The Kier molecular flexibility index (Phi) is 4.07. The number of aromatic nitrogens is 1. The minimum Gasteiger partial charge on any atom is -0.369 e. The van der Waals surface area contributed by atoms with Crippen LogP contribution in [0.15, 0.2) is 12.1 Å². The van der Waals surface area contributed by atoms with E-state index in [9.17, 15) is 14.9 Å². The number of carbonyl (C=O) groups excluding carboxylic acids is 1. The van der Waals surface area contributed by atoms with Crippen molar-refractivity contribution in [2.45, 2.75) is 13.8 Å². The van der Waals surface area contributed by atoms with Gasteiger partial charge in [0.15, 0.2) is 0 Å². The first-order valence-electron chi connectivity index (χ1n) is 5.09. The topological polar surface area (TPSA) is 111 Å². The number of amides is 1. The van der Waals surface area contributed by atoms with Crippen molar-refractivity contribution in [1.29, 1.82) is 0 Å². The van der Waals surface area contributed by atoms with Gasteiger partial charge in [-0.15, -0.1) is 0 Å². The molecule has 1 amide bonds. The third kappa shape index (κ3) is 3.30. The zero-order valence-corrected chi connectivity index (χ0v) is 10.7. The first kappa shape index (κ1) is 14.2. The van der Waals surface area contributed by atoms with E-state index in [0.717, 1.165) is 0 Å². The number of nitrogens with two attached hydrogens (primary N) is 1. The van der Waals surface area contributed by atoms with E-state index in [2.05, 4.69) is 10.3 Å². The summed E-state index contributed by atoms with van der Waals surface area (Å²) in [5.41, 5.74) is 4.14. The molecule has 1 aromatic rings. The summed E-state index contributed by atoms with van der Waals surface area (Å²) in [6.07, 6.45) is 0. The average molecular weight is 273 g/mol. The van der Waals surface area contributed by atoms with Gasteiger partial charge in [0.25, 0.3) is 0 Å². The van der Waals surface area contributed by atoms with Gasteiger partial charge in [-0.05, 0) is 19.9 Å². The lowest BCUT2D eigenvalue weighted by Gasteiger charge is -2.20. The normalized spacial score (nSPS) is 11.1. The molecular weight excluding hydrogens is 260 g/mol. The molecule has 0 aromatic carbocycles. The van der Waals surface area contributed by atoms with Gasteiger partial charge >= 0.3 is 5.69 Å². The second-order valence-corrected chi connectivity index (χ2v) is 4.75. The molecule has 0 bridgehead atoms. The zero-order valence-electron chi connectivity index (χ0n) is 9.94. The van der Waals surface area contributed by atoms with Crippen molar-refractivity contribution >= 4 is 29.0 Å². The molecule has 0 radical (unpaired) electrons. The fraction of sp³-hybridized carbons (Fsp3) is 0.400. The highest BCUT2D eigenvalue weighted by molar-refractivity contribution is 6.29. The standard InChI is InChI=1S/C10H13ClN4O3/c1-10(2,9(12)16)5-13-8-6(15(17)18)3-4-7(11)14-8/h3-4H,5H2,1-2H3,(H2,12,16)(H,13,14). The smallest absolute Gasteiger partial charge is 0.311 e. The molecule has 98 valence electrons. The van der Waals surface area contributed by atoms with Gasteiger partial charge in [-0.25, -0.2) is 4.98 Å². The maximum absolute atomic E-state index is 11.1. The molecule has 0 atom stereocenters. The number of nitrogens with one attached hydrogen (secondary N) is 1. The highest BCUT2D eigenvalue weighted by Gasteiger charge is 2.26. The Morgan fingerprint density at radius 2 is 2.22 bits per heavy atom. The minimum absolute atomic E-state index is 0.0156. The zero-order chi connectivity index (χ0) is 13.9. The van der Waals surface area contributed by atoms with E-state index in [1.54, 1.807) is 13.8 Å². The first-order valence-corrected chi connectivity index (χ1v) is 5.46. The van der Waals surface area contributed by atoms with Crippen molar-refractivity contribution in [3.63, 3.8) is 0 Å². The largest absolute Gasteiger partial charge is 0.369 e. The summed E-state index contributed by atoms with van der Waals surface area (Å²) in [6.45, 7) is 3.37. The number of carbonyl (C=O) groups is 1. The van der Waals surface area contributed by atoms with Crippen molar-refractivity contribution in [1.82, 2.24) is 4.98 Å². The Bertz CT molecular complexity index is 490. The number of primary amides is 1. The van der Waals surface area contributed by atoms with Crippen molar-refractivity contribution in [2.24, 2.45) is 11.1 Å². The summed E-state index contributed by atoms with van der Waals surface area (Å²) in [6, 6.07) is 2.57. The van der Waals surface area contributed by atoms with E-state index in [4.69, 9.17) is 17.3 Å². The maximum Gasteiger partial charge on any atom is 0.311 e. The van der Waals surface area contributed by atoms with Crippen LogP contribution in [0, 0.1) is 15.5 Å². The molecule has 1 heterocycles. The molecule has 0 spiro atoms. The van der Waals surface area contributed by atoms with Crippen molar-refractivity contribution in [3.8, 4) is 0 Å². The molecule has 8 heteroatoms. The molecule has 1 rings (SSSR count). The molecule has 1 aromatic heterocycles. The van der Waals surface area contributed by atoms with Crippen molar-refractivity contribution < 1.29 is 9.72 Å². The molecule has 18 heavy (non-hydrogen) atoms. The summed E-state index contributed by atoms with van der Waals surface area (Å²) in [5.74, 6) is -0.499. The van der Waals surface area contributed by atoms with Crippen LogP contribution < -0.4 is 11.1 Å². The van der Waals surface area contributed by atoms with Crippen LogP contribution >= 0.6 is 11.6 Å². The number of rotatable bonds is 5. The predicted octanol–water partition coefficient (Wildman–Crippen LogP) is 1.57. The van der Waals surface area contributed by atoms with Crippen molar-refractivity contribution in [2.75, 3.05) is 11.9 Å². The number of pyridine rings is 1. The third-order valence-corrected chi connectivity index (χ3v) is 2.61. The summed E-state index contributed by atoms with van der Waals surface area (Å²) < 4.78 is 0. The summed E-state index contributed by atoms with van der Waals surface area (Å²) in [4.78, 5) is 25.1. The molecule has 0 aliphatic carbocycles. The number of halogens is 1. The van der Waals surface area contributed by atoms with Gasteiger partial charge in [0.2, 0.25) is 11.7 Å². The molecular formula is C10H13ClN4O3. The Balaban J connectivity index is 2.94. The van der Waals surface area contributed by atoms with E-state index >= 15 is 0 Å². The van der Waals surface area contributed by atoms with E-state index in [1.807, 2.05) is 0 Å². The number of nitrogens with zero attached hydrogens (tertiary/aromatic N) is 2.